The highest BCUT2D eigenvalue weighted by Gasteiger charge is 2.31. The lowest BCUT2D eigenvalue weighted by Crippen LogP contribution is -2.41. The number of anilines is 1. The van der Waals surface area contributed by atoms with Gasteiger partial charge >= 0.3 is 0 Å². The summed E-state index contributed by atoms with van der Waals surface area (Å²) in [5, 5.41) is 14.3. The molecule has 12 heteroatoms. The molecule has 0 saturated heterocycles. The molecule has 0 aliphatic carbocycles. The number of ether oxygens (including phenoxy) is 1. The molecule has 0 bridgehead atoms. The highest BCUT2D eigenvalue weighted by Crippen LogP contribution is 2.35. The van der Waals surface area contributed by atoms with Crippen LogP contribution in [0.5, 0.6) is 5.75 Å². The molecule has 1 N–H and O–H groups in total. The van der Waals surface area contributed by atoms with Gasteiger partial charge in [-0.15, -0.1) is 0 Å². The van der Waals surface area contributed by atoms with Gasteiger partial charge in [0.2, 0.25) is 5.91 Å². The summed E-state index contributed by atoms with van der Waals surface area (Å²) in [5.74, 6) is -1.00. The van der Waals surface area contributed by atoms with Gasteiger partial charge in [-0.25, -0.2) is 12.8 Å². The highest BCUT2D eigenvalue weighted by molar-refractivity contribution is 7.92. The second-order valence-corrected chi connectivity index (χ2v) is 10.2. The van der Waals surface area contributed by atoms with Crippen LogP contribution in [-0.2, 0) is 14.8 Å². The zero-order valence-electron chi connectivity index (χ0n) is 19.6. The number of nitro groups is 1. The summed E-state index contributed by atoms with van der Waals surface area (Å²) < 4.78 is 46.7. The molecule has 0 aliphatic heterocycles. The first-order valence-electron chi connectivity index (χ1n) is 10.6. The summed E-state index contributed by atoms with van der Waals surface area (Å²) in [6, 6.07) is 12.6. The summed E-state index contributed by atoms with van der Waals surface area (Å²) in [6.07, 6.45) is 0. The molecule has 3 rings (SSSR count). The van der Waals surface area contributed by atoms with Crippen LogP contribution in [0.2, 0.25) is 5.02 Å². The van der Waals surface area contributed by atoms with Gasteiger partial charge in [0.05, 0.1) is 28.7 Å². The summed E-state index contributed by atoms with van der Waals surface area (Å²) in [7, 11) is -3.17. The second-order valence-electron chi connectivity index (χ2n) is 7.87. The maximum Gasteiger partial charge on any atom is 0.273 e. The fraction of sp³-hybridized carbons (Fsp3) is 0.208. The standard InChI is InChI=1S/C24H23ClFN3O6S/c1-15-4-10-20(13-21(15)29(31)32)36(33,34)28(22-12-18(25)7-11-23(22)35-3)14-24(30)27-16(2)17-5-8-19(26)9-6-17/h4-13,16H,14H2,1-3H3,(H,27,30)/t16-/m0/s1. The number of hydrogen-bond donors (Lipinski definition) is 1. The van der Waals surface area contributed by atoms with Gasteiger partial charge in [0.1, 0.15) is 18.1 Å². The number of methoxy groups -OCH3 is 1. The van der Waals surface area contributed by atoms with Gasteiger partial charge in [0.15, 0.2) is 0 Å². The zero-order valence-corrected chi connectivity index (χ0v) is 21.1. The number of amides is 1. The molecule has 3 aromatic rings. The Morgan fingerprint density at radius 2 is 1.83 bits per heavy atom. The smallest absolute Gasteiger partial charge is 0.273 e. The lowest BCUT2D eigenvalue weighted by atomic mass is 10.1. The van der Waals surface area contributed by atoms with Crippen LogP contribution in [0.25, 0.3) is 0 Å². The molecule has 0 spiro atoms. The van der Waals surface area contributed by atoms with E-state index in [0.717, 1.165) is 10.4 Å². The van der Waals surface area contributed by atoms with Crippen LogP contribution in [0.4, 0.5) is 15.8 Å². The predicted octanol–water partition coefficient (Wildman–Crippen LogP) is 4.78. The number of rotatable bonds is 9. The van der Waals surface area contributed by atoms with Crippen molar-refractivity contribution in [1.29, 1.82) is 0 Å². The Labute approximate surface area is 212 Å². The number of nitrogens with one attached hydrogen (secondary N) is 1. The molecule has 0 fully saturated rings. The van der Waals surface area contributed by atoms with Gasteiger partial charge < -0.3 is 10.1 Å². The summed E-state index contributed by atoms with van der Waals surface area (Å²) in [6.45, 7) is 2.45. The molecule has 3 aromatic carbocycles. The van der Waals surface area contributed by atoms with E-state index in [1.807, 2.05) is 0 Å². The number of halogens is 2. The van der Waals surface area contributed by atoms with Gasteiger partial charge in [0.25, 0.3) is 15.7 Å². The van der Waals surface area contributed by atoms with Crippen molar-refractivity contribution in [3.8, 4) is 5.75 Å². The van der Waals surface area contributed by atoms with E-state index in [1.165, 1.54) is 68.6 Å². The van der Waals surface area contributed by atoms with Crippen molar-refractivity contribution < 1.29 is 27.3 Å². The van der Waals surface area contributed by atoms with Crippen molar-refractivity contribution in [3.05, 3.63) is 92.7 Å². The Balaban J connectivity index is 2.04. The molecule has 36 heavy (non-hydrogen) atoms. The molecule has 190 valence electrons. The van der Waals surface area contributed by atoms with E-state index in [1.54, 1.807) is 6.92 Å². The molecule has 0 radical (unpaired) electrons. The van der Waals surface area contributed by atoms with Crippen LogP contribution in [0, 0.1) is 22.9 Å². The van der Waals surface area contributed by atoms with Crippen molar-refractivity contribution in [3.63, 3.8) is 0 Å². The third-order valence-electron chi connectivity index (χ3n) is 5.41. The third-order valence-corrected chi connectivity index (χ3v) is 7.40. The molecule has 0 aromatic heterocycles. The van der Waals surface area contributed by atoms with Gasteiger partial charge in [0, 0.05) is 16.7 Å². The molecule has 0 saturated carbocycles. The van der Waals surface area contributed by atoms with E-state index in [9.17, 15) is 27.7 Å². The minimum Gasteiger partial charge on any atom is -0.495 e. The average Bonchev–Trinajstić information content (AvgIpc) is 2.82. The maximum atomic E-state index is 13.7. The van der Waals surface area contributed by atoms with Crippen molar-refractivity contribution in [1.82, 2.24) is 5.32 Å². The first kappa shape index (κ1) is 26.9. The number of sulfonamides is 1. The highest BCUT2D eigenvalue weighted by atomic mass is 35.5. The van der Waals surface area contributed by atoms with Crippen molar-refractivity contribution >= 4 is 38.9 Å². The maximum absolute atomic E-state index is 13.7. The minimum atomic E-state index is -4.50. The van der Waals surface area contributed by atoms with Crippen LogP contribution >= 0.6 is 11.6 Å². The van der Waals surface area contributed by atoms with Crippen molar-refractivity contribution in [2.45, 2.75) is 24.8 Å². The first-order chi connectivity index (χ1) is 16.9. The lowest BCUT2D eigenvalue weighted by molar-refractivity contribution is -0.385. The number of carbonyl (C=O) groups is 1. The van der Waals surface area contributed by atoms with E-state index in [2.05, 4.69) is 5.32 Å². The summed E-state index contributed by atoms with van der Waals surface area (Å²) in [4.78, 5) is 23.3. The number of carbonyl (C=O) groups excluding carboxylic acids is 1. The van der Waals surface area contributed by atoms with Gasteiger partial charge in [-0.1, -0.05) is 29.8 Å². The van der Waals surface area contributed by atoms with Crippen LogP contribution < -0.4 is 14.4 Å². The summed E-state index contributed by atoms with van der Waals surface area (Å²) in [5.41, 5.74) is 0.464. The molecule has 0 heterocycles. The largest absolute Gasteiger partial charge is 0.495 e. The number of aryl methyl sites for hydroxylation is 1. The zero-order chi connectivity index (χ0) is 26.6. The Kier molecular flexibility index (Phi) is 8.16. The van der Waals surface area contributed by atoms with E-state index in [0.29, 0.717) is 5.56 Å². The number of nitrogens with zero attached hydrogens (tertiary/aromatic N) is 2. The van der Waals surface area contributed by atoms with E-state index in [-0.39, 0.29) is 32.6 Å². The van der Waals surface area contributed by atoms with Crippen LogP contribution in [0.15, 0.2) is 65.6 Å². The fourth-order valence-electron chi connectivity index (χ4n) is 3.48. The van der Waals surface area contributed by atoms with Gasteiger partial charge in [-0.05, 0) is 55.8 Å². The van der Waals surface area contributed by atoms with E-state index >= 15 is 0 Å². The van der Waals surface area contributed by atoms with Crippen LogP contribution in [0.1, 0.15) is 24.1 Å². The summed E-state index contributed by atoms with van der Waals surface area (Å²) >= 11 is 6.12. The molecule has 0 aliphatic rings. The molecular weight excluding hydrogens is 513 g/mol. The van der Waals surface area contributed by atoms with Crippen molar-refractivity contribution in [2.75, 3.05) is 18.0 Å². The molecule has 0 unspecified atom stereocenters. The fourth-order valence-corrected chi connectivity index (χ4v) is 5.09. The Bertz CT molecular complexity index is 1400. The normalized spacial score (nSPS) is 12.0. The predicted molar refractivity (Wildman–Crippen MR) is 133 cm³/mol. The lowest BCUT2D eigenvalue weighted by Gasteiger charge is -2.26. The molecular formula is C24H23ClFN3O6S. The molecule has 9 nitrogen and oxygen atoms in total. The van der Waals surface area contributed by atoms with E-state index in [4.69, 9.17) is 16.3 Å². The Morgan fingerprint density at radius 3 is 2.44 bits per heavy atom. The molecule has 1 atom stereocenters. The third kappa shape index (κ3) is 5.92. The molecule has 1 amide bonds. The topological polar surface area (TPSA) is 119 Å². The Morgan fingerprint density at radius 1 is 1.17 bits per heavy atom. The average molecular weight is 536 g/mol. The van der Waals surface area contributed by atoms with Gasteiger partial charge in [-0.2, -0.15) is 0 Å². The van der Waals surface area contributed by atoms with Crippen LogP contribution in [-0.4, -0.2) is 32.9 Å². The van der Waals surface area contributed by atoms with Crippen molar-refractivity contribution in [2.24, 2.45) is 0 Å². The monoisotopic (exact) mass is 535 g/mol. The van der Waals surface area contributed by atoms with E-state index < -0.39 is 39.3 Å². The number of nitro benzene ring substituents is 1. The van der Waals surface area contributed by atoms with Gasteiger partial charge in [-0.3, -0.25) is 19.2 Å². The number of benzene rings is 3. The quantitative estimate of drug-likeness (QED) is 0.311. The number of hydrogen-bond acceptors (Lipinski definition) is 6. The SMILES string of the molecule is COc1ccc(Cl)cc1N(CC(=O)N[C@@H](C)c1ccc(F)cc1)S(=O)(=O)c1ccc(C)c([N+](=O)[O-])c1. The van der Waals surface area contributed by atoms with Crippen LogP contribution in [0.3, 0.4) is 0 Å². The Hall–Kier alpha value is -3.70. The minimum absolute atomic E-state index is 0.0298. The second kappa shape index (κ2) is 10.9. The first-order valence-corrected chi connectivity index (χ1v) is 12.4.